The van der Waals surface area contributed by atoms with Crippen LogP contribution < -0.4 is 16.8 Å². The molecule has 0 bridgehead atoms. The topological polar surface area (TPSA) is 184 Å². The summed E-state index contributed by atoms with van der Waals surface area (Å²) in [6.07, 6.45) is -3.78. The average molecular weight is 353 g/mol. The molecule has 3 heterocycles. The number of amides is 1. The summed E-state index contributed by atoms with van der Waals surface area (Å²) in [5.41, 5.74) is 11.9. The Kier molecular flexibility index (Phi) is 4.57. The molecule has 1 aliphatic rings. The second-order valence-electron chi connectivity index (χ2n) is 5.47. The number of nitrogen functional groups attached to an aromatic ring is 2. The summed E-state index contributed by atoms with van der Waals surface area (Å²) in [7, 11) is 0. The van der Waals surface area contributed by atoms with Crippen LogP contribution in [0.3, 0.4) is 0 Å². The first-order valence-corrected chi connectivity index (χ1v) is 7.60. The predicted molar refractivity (Wildman–Crippen MR) is 85.1 cm³/mol. The number of carbonyl (C=O) groups is 1. The minimum absolute atomic E-state index is 0.0593. The van der Waals surface area contributed by atoms with E-state index >= 15 is 0 Å². The first-order chi connectivity index (χ1) is 11.9. The molecular formula is C13H19N7O5. The Labute approximate surface area is 141 Å². The van der Waals surface area contributed by atoms with Gasteiger partial charge in [-0.3, -0.25) is 4.57 Å². The van der Waals surface area contributed by atoms with Gasteiger partial charge < -0.3 is 36.5 Å². The lowest BCUT2D eigenvalue weighted by Crippen LogP contribution is -2.35. The Bertz CT molecular complexity index is 781. The van der Waals surface area contributed by atoms with Gasteiger partial charge in [0.25, 0.3) is 0 Å². The molecule has 12 nitrogen and oxygen atoms in total. The van der Waals surface area contributed by atoms with Crippen molar-refractivity contribution in [3.05, 3.63) is 6.33 Å². The normalized spacial score (nSPS) is 26.0. The second-order valence-corrected chi connectivity index (χ2v) is 5.47. The number of carbonyl (C=O) groups excluding carboxylic acids is 1. The molecule has 1 aliphatic heterocycles. The van der Waals surface area contributed by atoms with Crippen molar-refractivity contribution in [3.63, 3.8) is 0 Å². The fourth-order valence-corrected chi connectivity index (χ4v) is 2.59. The maximum atomic E-state index is 11.4. The van der Waals surface area contributed by atoms with Crippen LogP contribution in [-0.2, 0) is 9.47 Å². The molecule has 0 unspecified atom stereocenters. The fourth-order valence-electron chi connectivity index (χ4n) is 2.59. The molecular weight excluding hydrogens is 334 g/mol. The predicted octanol–water partition coefficient (Wildman–Crippen LogP) is -1.64. The Morgan fingerprint density at radius 2 is 2.16 bits per heavy atom. The number of aliphatic hydroxyl groups is 2. The molecule has 1 fully saturated rings. The molecule has 2 aromatic rings. The molecule has 12 heteroatoms. The van der Waals surface area contributed by atoms with Crippen LogP contribution in [0.4, 0.5) is 16.6 Å². The van der Waals surface area contributed by atoms with Crippen molar-refractivity contribution in [1.82, 2.24) is 24.8 Å². The van der Waals surface area contributed by atoms with E-state index in [0.29, 0.717) is 12.1 Å². The Morgan fingerprint density at radius 1 is 1.40 bits per heavy atom. The molecule has 0 radical (unpaired) electrons. The van der Waals surface area contributed by atoms with Gasteiger partial charge in [0.15, 0.2) is 17.7 Å². The van der Waals surface area contributed by atoms with Crippen molar-refractivity contribution >= 4 is 29.0 Å². The van der Waals surface area contributed by atoms with Crippen LogP contribution in [0.15, 0.2) is 6.33 Å². The maximum Gasteiger partial charge on any atom is 0.407 e. The van der Waals surface area contributed by atoms with Crippen LogP contribution in [0.2, 0.25) is 0 Å². The number of nitrogens with one attached hydrogen (secondary N) is 1. The molecule has 7 N–H and O–H groups in total. The highest BCUT2D eigenvalue weighted by Crippen LogP contribution is 2.32. The van der Waals surface area contributed by atoms with Crippen LogP contribution in [-0.4, -0.2) is 67.3 Å². The zero-order chi connectivity index (χ0) is 18.1. The maximum absolute atomic E-state index is 11.4. The molecule has 0 aliphatic carbocycles. The van der Waals surface area contributed by atoms with Crippen molar-refractivity contribution < 1.29 is 24.5 Å². The van der Waals surface area contributed by atoms with Gasteiger partial charge in [0.05, 0.1) is 6.33 Å². The van der Waals surface area contributed by atoms with Crippen LogP contribution in [0.1, 0.15) is 13.2 Å². The highest BCUT2D eigenvalue weighted by molar-refractivity contribution is 5.82. The first kappa shape index (κ1) is 17.1. The molecule has 1 saturated heterocycles. The first-order valence-electron chi connectivity index (χ1n) is 7.60. The van der Waals surface area contributed by atoms with E-state index in [0.717, 1.165) is 0 Å². The fraction of sp³-hybridized carbons (Fsp3) is 0.538. The van der Waals surface area contributed by atoms with Crippen molar-refractivity contribution in [3.8, 4) is 0 Å². The van der Waals surface area contributed by atoms with Crippen molar-refractivity contribution in [2.24, 2.45) is 0 Å². The van der Waals surface area contributed by atoms with E-state index in [2.05, 4.69) is 20.3 Å². The molecule has 0 aromatic carbocycles. The third kappa shape index (κ3) is 3.14. The highest BCUT2D eigenvalue weighted by atomic mass is 16.6. The third-order valence-electron chi connectivity index (χ3n) is 3.78. The van der Waals surface area contributed by atoms with Gasteiger partial charge >= 0.3 is 6.09 Å². The monoisotopic (exact) mass is 353 g/mol. The van der Waals surface area contributed by atoms with E-state index in [9.17, 15) is 15.0 Å². The number of alkyl carbamates (subject to hydrolysis) is 1. The number of hydrogen-bond acceptors (Lipinski definition) is 10. The second kappa shape index (κ2) is 6.66. The number of aromatic nitrogens is 4. The zero-order valence-corrected chi connectivity index (χ0v) is 13.4. The summed E-state index contributed by atoms with van der Waals surface area (Å²) in [5, 5.41) is 22.9. The zero-order valence-electron chi connectivity index (χ0n) is 13.4. The van der Waals surface area contributed by atoms with E-state index in [-0.39, 0.29) is 24.0 Å². The number of fused-ring (bicyclic) bond motifs is 1. The number of hydrogen-bond donors (Lipinski definition) is 5. The van der Waals surface area contributed by atoms with Gasteiger partial charge in [-0.25, -0.2) is 9.78 Å². The van der Waals surface area contributed by atoms with Gasteiger partial charge in [-0.2, -0.15) is 9.97 Å². The Morgan fingerprint density at radius 3 is 2.88 bits per heavy atom. The molecule has 25 heavy (non-hydrogen) atoms. The molecule has 3 rings (SSSR count). The van der Waals surface area contributed by atoms with E-state index < -0.39 is 30.6 Å². The molecule has 0 spiro atoms. The van der Waals surface area contributed by atoms with Crippen molar-refractivity contribution in [2.75, 3.05) is 24.6 Å². The summed E-state index contributed by atoms with van der Waals surface area (Å²) in [4.78, 5) is 23.3. The lowest BCUT2D eigenvalue weighted by molar-refractivity contribution is -0.0532. The summed E-state index contributed by atoms with van der Waals surface area (Å²) in [5.74, 6) is 0.0290. The van der Waals surface area contributed by atoms with Gasteiger partial charge in [0.2, 0.25) is 5.95 Å². The molecule has 2 aromatic heterocycles. The SMILES string of the molecule is CCNC(=O)OC[C@H]1O[C@@H](n2cnc3c(N)nc(N)nc32)[C@H](O)[C@@H]1O. The number of nitrogens with zero attached hydrogens (tertiary/aromatic N) is 4. The average Bonchev–Trinajstić information content (AvgIpc) is 3.09. The van der Waals surface area contributed by atoms with Gasteiger partial charge in [-0.1, -0.05) is 0 Å². The minimum atomic E-state index is -1.29. The number of rotatable bonds is 4. The number of nitrogens with two attached hydrogens (primary N) is 2. The number of ether oxygens (including phenoxy) is 2. The van der Waals surface area contributed by atoms with E-state index in [1.165, 1.54) is 10.9 Å². The Hall–Kier alpha value is -2.70. The van der Waals surface area contributed by atoms with Crippen LogP contribution in [0.25, 0.3) is 11.2 Å². The summed E-state index contributed by atoms with van der Waals surface area (Å²) >= 11 is 0. The largest absolute Gasteiger partial charge is 0.447 e. The van der Waals surface area contributed by atoms with E-state index in [4.69, 9.17) is 20.9 Å². The standard InChI is InChI=1S/C13H19N7O5/c1-2-16-13(23)24-3-5-7(21)8(22)11(25-5)20-4-17-6-9(14)18-12(15)19-10(6)20/h4-5,7-8,11,21-22H,2-3H2,1H3,(H,16,23)(H4,14,15,18,19)/t5-,7-,8-,11-/m1/s1. The molecule has 4 atom stereocenters. The number of anilines is 2. The van der Waals surface area contributed by atoms with Gasteiger partial charge in [-0.15, -0.1) is 0 Å². The van der Waals surface area contributed by atoms with Crippen molar-refractivity contribution in [1.29, 1.82) is 0 Å². The Balaban J connectivity index is 1.80. The van der Waals surface area contributed by atoms with Gasteiger partial charge in [0, 0.05) is 6.54 Å². The number of imidazole rings is 1. The third-order valence-corrected chi connectivity index (χ3v) is 3.78. The lowest BCUT2D eigenvalue weighted by atomic mass is 10.1. The van der Waals surface area contributed by atoms with E-state index in [1.54, 1.807) is 6.92 Å². The summed E-state index contributed by atoms with van der Waals surface area (Å²) in [6, 6.07) is 0. The van der Waals surface area contributed by atoms with Gasteiger partial charge in [-0.05, 0) is 6.92 Å². The van der Waals surface area contributed by atoms with Crippen LogP contribution in [0, 0.1) is 0 Å². The van der Waals surface area contributed by atoms with Crippen LogP contribution in [0.5, 0.6) is 0 Å². The molecule has 0 saturated carbocycles. The molecule has 1 amide bonds. The summed E-state index contributed by atoms with van der Waals surface area (Å²) in [6.45, 7) is 1.92. The summed E-state index contributed by atoms with van der Waals surface area (Å²) < 4.78 is 12.0. The lowest BCUT2D eigenvalue weighted by Gasteiger charge is -2.16. The van der Waals surface area contributed by atoms with Gasteiger partial charge in [0.1, 0.15) is 30.4 Å². The molecule has 136 valence electrons. The highest BCUT2D eigenvalue weighted by Gasteiger charge is 2.45. The minimum Gasteiger partial charge on any atom is -0.447 e. The van der Waals surface area contributed by atoms with Crippen LogP contribution >= 0.6 is 0 Å². The van der Waals surface area contributed by atoms with E-state index in [1.807, 2.05) is 0 Å². The quantitative estimate of drug-likeness (QED) is 0.427. The number of aliphatic hydroxyl groups excluding tert-OH is 2. The van der Waals surface area contributed by atoms with Crippen molar-refractivity contribution in [2.45, 2.75) is 31.5 Å². The smallest absolute Gasteiger partial charge is 0.407 e.